The van der Waals surface area contributed by atoms with Crippen molar-refractivity contribution in [2.75, 3.05) is 13.1 Å². The highest BCUT2D eigenvalue weighted by Gasteiger charge is 2.32. The molecule has 0 saturated carbocycles. The highest BCUT2D eigenvalue weighted by Crippen LogP contribution is 2.20. The SMILES string of the molecule is N#Cc1nccnc1OC1CCN(C(=O)C2C=CC(=O)N=N2)C1. The summed E-state index contributed by atoms with van der Waals surface area (Å²) in [5, 5.41) is 16.0. The average Bonchev–Trinajstić information content (AvgIpc) is 3.04. The molecule has 3 rings (SSSR count). The van der Waals surface area contributed by atoms with Gasteiger partial charge in [0.25, 0.3) is 17.7 Å². The van der Waals surface area contributed by atoms with E-state index in [-0.39, 0.29) is 23.6 Å². The summed E-state index contributed by atoms with van der Waals surface area (Å²) in [4.78, 5) is 32.7. The molecule has 0 bridgehead atoms. The van der Waals surface area contributed by atoms with Crippen molar-refractivity contribution in [1.29, 1.82) is 5.26 Å². The number of rotatable bonds is 3. The number of ether oxygens (including phenoxy) is 1. The van der Waals surface area contributed by atoms with Crippen LogP contribution in [0.4, 0.5) is 0 Å². The second-order valence-electron chi connectivity index (χ2n) is 4.99. The van der Waals surface area contributed by atoms with E-state index < -0.39 is 11.9 Å². The van der Waals surface area contributed by atoms with E-state index in [2.05, 4.69) is 20.2 Å². The van der Waals surface area contributed by atoms with Crippen LogP contribution in [-0.4, -0.2) is 51.9 Å². The summed E-state index contributed by atoms with van der Waals surface area (Å²) < 4.78 is 5.67. The molecule has 23 heavy (non-hydrogen) atoms. The first-order valence-corrected chi connectivity index (χ1v) is 6.97. The van der Waals surface area contributed by atoms with E-state index in [4.69, 9.17) is 10.00 Å². The van der Waals surface area contributed by atoms with Gasteiger partial charge in [0.2, 0.25) is 5.69 Å². The maximum absolute atomic E-state index is 12.3. The lowest BCUT2D eigenvalue weighted by Gasteiger charge is -2.19. The van der Waals surface area contributed by atoms with Gasteiger partial charge in [-0.15, -0.1) is 5.11 Å². The van der Waals surface area contributed by atoms with Crippen LogP contribution >= 0.6 is 0 Å². The summed E-state index contributed by atoms with van der Waals surface area (Å²) in [6, 6.07) is 1.15. The molecule has 0 aliphatic carbocycles. The molecular formula is C14H12N6O3. The third-order valence-electron chi connectivity index (χ3n) is 3.46. The lowest BCUT2D eigenvalue weighted by Crippen LogP contribution is -2.37. The Kier molecular flexibility index (Phi) is 4.05. The molecule has 3 heterocycles. The number of azo groups is 1. The number of likely N-dealkylation sites (tertiary alicyclic amines) is 1. The molecule has 2 aliphatic rings. The van der Waals surface area contributed by atoms with Crippen LogP contribution in [0.2, 0.25) is 0 Å². The van der Waals surface area contributed by atoms with Crippen LogP contribution in [0.25, 0.3) is 0 Å². The fraction of sp³-hybridized carbons (Fsp3) is 0.357. The minimum Gasteiger partial charge on any atom is -0.470 e. The van der Waals surface area contributed by atoms with Crippen LogP contribution in [0.1, 0.15) is 12.1 Å². The monoisotopic (exact) mass is 312 g/mol. The first-order chi connectivity index (χ1) is 11.2. The van der Waals surface area contributed by atoms with E-state index >= 15 is 0 Å². The minimum absolute atomic E-state index is 0.111. The number of carbonyl (C=O) groups excluding carboxylic acids is 2. The highest BCUT2D eigenvalue weighted by atomic mass is 16.5. The van der Waals surface area contributed by atoms with Crippen molar-refractivity contribution in [2.24, 2.45) is 10.2 Å². The van der Waals surface area contributed by atoms with Crippen LogP contribution < -0.4 is 4.74 Å². The lowest BCUT2D eigenvalue weighted by molar-refractivity contribution is -0.130. The van der Waals surface area contributed by atoms with Crippen LogP contribution in [0.5, 0.6) is 5.88 Å². The molecule has 2 unspecified atom stereocenters. The maximum Gasteiger partial charge on any atom is 0.287 e. The normalized spacial score (nSPS) is 22.9. The Morgan fingerprint density at radius 2 is 2.22 bits per heavy atom. The van der Waals surface area contributed by atoms with Gasteiger partial charge in [-0.25, -0.2) is 9.97 Å². The standard InChI is InChI=1S/C14H12N6O3/c15-7-11-13(17-5-4-16-11)23-9-3-6-20(8-9)14(22)10-1-2-12(21)19-18-10/h1-2,4-5,9-10H,3,6,8H2. The zero-order chi connectivity index (χ0) is 16.2. The fourth-order valence-electron chi connectivity index (χ4n) is 2.35. The molecule has 116 valence electrons. The van der Waals surface area contributed by atoms with Gasteiger partial charge in [0, 0.05) is 31.4 Å². The van der Waals surface area contributed by atoms with E-state index in [0.717, 1.165) is 0 Å². The summed E-state index contributed by atoms with van der Waals surface area (Å²) >= 11 is 0. The van der Waals surface area contributed by atoms with Crippen molar-refractivity contribution < 1.29 is 14.3 Å². The molecule has 0 aromatic carbocycles. The predicted molar refractivity (Wildman–Crippen MR) is 75.2 cm³/mol. The topological polar surface area (TPSA) is 121 Å². The van der Waals surface area contributed by atoms with E-state index in [1.165, 1.54) is 24.5 Å². The Hall–Kier alpha value is -3.15. The van der Waals surface area contributed by atoms with Crippen molar-refractivity contribution in [2.45, 2.75) is 18.6 Å². The second kappa shape index (κ2) is 6.31. The van der Waals surface area contributed by atoms with Gasteiger partial charge in [0.05, 0.1) is 6.54 Å². The molecule has 1 fully saturated rings. The second-order valence-corrected chi connectivity index (χ2v) is 4.99. The van der Waals surface area contributed by atoms with Crippen molar-refractivity contribution >= 4 is 11.8 Å². The van der Waals surface area contributed by atoms with Crippen LogP contribution in [0, 0.1) is 11.3 Å². The van der Waals surface area contributed by atoms with Crippen molar-refractivity contribution in [3.63, 3.8) is 0 Å². The number of carbonyl (C=O) groups is 2. The van der Waals surface area contributed by atoms with E-state index in [9.17, 15) is 9.59 Å². The van der Waals surface area contributed by atoms with E-state index in [0.29, 0.717) is 19.5 Å². The number of hydrogen-bond donors (Lipinski definition) is 0. The third-order valence-corrected chi connectivity index (χ3v) is 3.46. The van der Waals surface area contributed by atoms with Crippen LogP contribution in [0.3, 0.4) is 0 Å². The molecule has 9 heteroatoms. The summed E-state index contributed by atoms with van der Waals surface area (Å²) in [5.41, 5.74) is 0.111. The van der Waals surface area contributed by atoms with E-state index in [1.807, 2.05) is 6.07 Å². The fourth-order valence-corrected chi connectivity index (χ4v) is 2.35. The van der Waals surface area contributed by atoms with Crippen molar-refractivity contribution in [3.8, 4) is 11.9 Å². The van der Waals surface area contributed by atoms with Gasteiger partial charge in [0.15, 0.2) is 6.04 Å². The zero-order valence-corrected chi connectivity index (χ0v) is 12.0. The van der Waals surface area contributed by atoms with Crippen molar-refractivity contribution in [3.05, 3.63) is 30.2 Å². The molecule has 0 radical (unpaired) electrons. The van der Waals surface area contributed by atoms with Gasteiger partial charge in [-0.1, -0.05) is 0 Å². The number of nitrogens with zero attached hydrogens (tertiary/aromatic N) is 6. The highest BCUT2D eigenvalue weighted by molar-refractivity contribution is 5.92. The van der Waals surface area contributed by atoms with Gasteiger partial charge < -0.3 is 9.64 Å². The Bertz CT molecular complexity index is 722. The van der Waals surface area contributed by atoms with Gasteiger partial charge in [0.1, 0.15) is 12.2 Å². The molecule has 1 aromatic heterocycles. The summed E-state index contributed by atoms with van der Waals surface area (Å²) in [5.74, 6) is -0.538. The van der Waals surface area contributed by atoms with Crippen LogP contribution in [-0.2, 0) is 9.59 Å². The molecule has 9 nitrogen and oxygen atoms in total. The number of hydrogen-bond acceptors (Lipinski definition) is 7. The summed E-state index contributed by atoms with van der Waals surface area (Å²) in [6.07, 6.45) is 5.87. The first kappa shape index (κ1) is 14.8. The van der Waals surface area contributed by atoms with Gasteiger partial charge in [-0.05, 0) is 6.08 Å². The average molecular weight is 312 g/mol. The predicted octanol–water partition coefficient (Wildman–Crippen LogP) is 0.245. The molecule has 1 aromatic rings. The Balaban J connectivity index is 1.62. The molecule has 0 spiro atoms. The molecule has 2 aliphatic heterocycles. The third kappa shape index (κ3) is 3.21. The smallest absolute Gasteiger partial charge is 0.287 e. The minimum atomic E-state index is -0.766. The number of aromatic nitrogens is 2. The molecule has 2 atom stereocenters. The summed E-state index contributed by atoms with van der Waals surface area (Å²) in [6.45, 7) is 0.855. The number of amides is 2. The van der Waals surface area contributed by atoms with E-state index in [1.54, 1.807) is 4.90 Å². The molecule has 2 amide bonds. The molecule has 0 N–H and O–H groups in total. The van der Waals surface area contributed by atoms with Gasteiger partial charge in [-0.3, -0.25) is 9.59 Å². The first-order valence-electron chi connectivity index (χ1n) is 6.97. The lowest BCUT2D eigenvalue weighted by atomic mass is 10.2. The Morgan fingerprint density at radius 1 is 1.39 bits per heavy atom. The molecule has 1 saturated heterocycles. The quantitative estimate of drug-likeness (QED) is 0.788. The van der Waals surface area contributed by atoms with Gasteiger partial charge >= 0.3 is 0 Å². The molecular weight excluding hydrogens is 300 g/mol. The zero-order valence-electron chi connectivity index (χ0n) is 12.0. The maximum atomic E-state index is 12.3. The van der Waals surface area contributed by atoms with Gasteiger partial charge in [-0.2, -0.15) is 10.4 Å². The number of nitriles is 1. The summed E-state index contributed by atoms with van der Waals surface area (Å²) in [7, 11) is 0. The van der Waals surface area contributed by atoms with Crippen LogP contribution in [0.15, 0.2) is 34.8 Å². The largest absolute Gasteiger partial charge is 0.470 e. The Labute approximate surface area is 131 Å². The van der Waals surface area contributed by atoms with Crippen molar-refractivity contribution in [1.82, 2.24) is 14.9 Å². The Morgan fingerprint density at radius 3 is 2.96 bits per heavy atom.